The lowest BCUT2D eigenvalue weighted by molar-refractivity contribution is -0.141. The molecule has 0 aromatic heterocycles. The molecule has 0 bridgehead atoms. The van der Waals surface area contributed by atoms with E-state index in [-0.39, 0.29) is 27.6 Å². The lowest BCUT2D eigenvalue weighted by atomic mass is 10.0. The van der Waals surface area contributed by atoms with Crippen molar-refractivity contribution in [3.8, 4) is 11.5 Å². The minimum Gasteiger partial charge on any atom is -0.507 e. The van der Waals surface area contributed by atoms with Crippen LogP contribution in [0.5, 0.6) is 11.5 Å². The zero-order valence-corrected chi connectivity index (χ0v) is 12.5. The van der Waals surface area contributed by atoms with Crippen molar-refractivity contribution in [3.63, 3.8) is 0 Å². The van der Waals surface area contributed by atoms with Gasteiger partial charge in [-0.05, 0) is 30.3 Å². The first-order valence-electron chi connectivity index (χ1n) is 6.06. The zero-order valence-electron chi connectivity index (χ0n) is 11.0. The molecule has 0 saturated heterocycles. The summed E-state index contributed by atoms with van der Waals surface area (Å²) in [6.45, 7) is 0. The van der Waals surface area contributed by atoms with Gasteiger partial charge in [0.05, 0.1) is 10.6 Å². The Kier molecular flexibility index (Phi) is 4.90. The molecule has 2 aromatic rings. The Bertz CT molecular complexity index is 730. The van der Waals surface area contributed by atoms with E-state index in [9.17, 15) is 14.7 Å². The van der Waals surface area contributed by atoms with Gasteiger partial charge in [-0.3, -0.25) is 4.79 Å². The van der Waals surface area contributed by atoms with Crippen LogP contribution in [0.2, 0.25) is 5.02 Å². The number of halogens is 2. The van der Waals surface area contributed by atoms with Crippen LogP contribution in [0, 0.1) is 0 Å². The lowest BCUT2D eigenvalue weighted by Gasteiger charge is -2.10. The number of aromatic hydroxyl groups is 1. The van der Waals surface area contributed by atoms with Gasteiger partial charge in [0, 0.05) is 5.56 Å². The van der Waals surface area contributed by atoms with Crippen molar-refractivity contribution in [2.45, 2.75) is 5.56 Å². The monoisotopic (exact) mass is 340 g/mol. The second-order valence-corrected chi connectivity index (χ2v) is 5.06. The fourth-order valence-corrected chi connectivity index (χ4v) is 2.09. The topological polar surface area (TPSA) is 83.8 Å². The molecule has 1 unspecified atom stereocenters. The highest BCUT2D eigenvalue weighted by molar-refractivity contribution is 6.35. The fourth-order valence-electron chi connectivity index (χ4n) is 1.73. The molecule has 0 aliphatic carbocycles. The van der Waals surface area contributed by atoms with Gasteiger partial charge in [-0.15, -0.1) is 0 Å². The number of benzene rings is 2. The van der Waals surface area contributed by atoms with E-state index < -0.39 is 17.3 Å². The van der Waals surface area contributed by atoms with Crippen molar-refractivity contribution in [1.82, 2.24) is 0 Å². The zero-order chi connectivity index (χ0) is 16.3. The molecule has 0 spiro atoms. The number of hydrogen-bond donors (Lipinski definition) is 2. The van der Waals surface area contributed by atoms with Crippen molar-refractivity contribution >= 4 is 35.0 Å². The summed E-state index contributed by atoms with van der Waals surface area (Å²) in [4.78, 5) is 22.9. The van der Waals surface area contributed by atoms with Crippen molar-refractivity contribution in [2.75, 3.05) is 0 Å². The minimum absolute atomic E-state index is 0.0556. The van der Waals surface area contributed by atoms with Crippen molar-refractivity contribution < 1.29 is 24.5 Å². The summed E-state index contributed by atoms with van der Waals surface area (Å²) in [5.74, 6) is -1.85. The third-order valence-corrected chi connectivity index (χ3v) is 3.36. The molecule has 5 nitrogen and oxygen atoms in total. The number of rotatable bonds is 5. The van der Waals surface area contributed by atoms with Crippen LogP contribution in [0.1, 0.15) is 15.9 Å². The van der Waals surface area contributed by atoms with Gasteiger partial charge in [-0.2, -0.15) is 0 Å². The summed E-state index contributed by atoms with van der Waals surface area (Å²) in [5.41, 5.74) is -1.30. The molecular formula is C15H10Cl2O5. The Balaban J connectivity index is 2.29. The van der Waals surface area contributed by atoms with Crippen LogP contribution in [0.15, 0.2) is 42.5 Å². The van der Waals surface area contributed by atoms with Crippen LogP contribution in [0.3, 0.4) is 0 Å². The average Bonchev–Trinajstić information content (AvgIpc) is 2.47. The molecule has 0 heterocycles. The van der Waals surface area contributed by atoms with Crippen LogP contribution in [-0.4, -0.2) is 27.5 Å². The van der Waals surface area contributed by atoms with E-state index in [1.54, 1.807) is 12.1 Å². The van der Waals surface area contributed by atoms with E-state index in [0.29, 0.717) is 0 Å². The maximum absolute atomic E-state index is 12.3. The molecule has 0 amide bonds. The molecule has 1 atom stereocenters. The number of phenolic OH excluding ortho intramolecular Hbond substituents is 1. The summed E-state index contributed by atoms with van der Waals surface area (Å²) in [5, 5.41) is 18.4. The number of alkyl halides is 1. The van der Waals surface area contributed by atoms with Crippen LogP contribution in [0.4, 0.5) is 0 Å². The first-order valence-corrected chi connectivity index (χ1v) is 6.87. The first kappa shape index (κ1) is 16.1. The van der Waals surface area contributed by atoms with Gasteiger partial charge in [0.1, 0.15) is 11.5 Å². The van der Waals surface area contributed by atoms with Gasteiger partial charge < -0.3 is 14.9 Å². The molecule has 2 rings (SSSR count). The molecule has 22 heavy (non-hydrogen) atoms. The van der Waals surface area contributed by atoms with E-state index >= 15 is 0 Å². The third kappa shape index (κ3) is 3.50. The van der Waals surface area contributed by atoms with Crippen molar-refractivity contribution in [3.05, 3.63) is 58.6 Å². The number of carboxylic acid groups (broad SMARTS) is 1. The van der Waals surface area contributed by atoms with E-state index in [2.05, 4.69) is 0 Å². The summed E-state index contributed by atoms with van der Waals surface area (Å²) in [7, 11) is 0. The average molecular weight is 341 g/mol. The maximum Gasteiger partial charge on any atom is 0.360 e. The normalized spacial score (nSPS) is 11.7. The highest BCUT2D eigenvalue weighted by Crippen LogP contribution is 2.28. The standard InChI is InChI=1S/C15H10Cl2O5/c16-11-7-8(22-14(17)15(20)21)5-6-9(11)13(19)10-3-1-2-4-12(10)18/h1-7,14,18H,(H,20,21). The van der Waals surface area contributed by atoms with E-state index in [4.69, 9.17) is 33.0 Å². The first-order chi connectivity index (χ1) is 10.4. The van der Waals surface area contributed by atoms with Crippen LogP contribution >= 0.6 is 23.2 Å². The molecule has 0 radical (unpaired) electrons. The van der Waals surface area contributed by atoms with E-state index in [1.807, 2.05) is 0 Å². The highest BCUT2D eigenvalue weighted by atomic mass is 35.5. The summed E-state index contributed by atoms with van der Waals surface area (Å²) >= 11 is 11.5. The van der Waals surface area contributed by atoms with Gasteiger partial charge in [0.15, 0.2) is 5.78 Å². The highest BCUT2D eigenvalue weighted by Gasteiger charge is 2.19. The molecule has 2 aromatic carbocycles. The SMILES string of the molecule is O=C(c1ccccc1O)c1ccc(OC(Cl)C(=O)O)cc1Cl. The minimum atomic E-state index is -1.56. The van der Waals surface area contributed by atoms with Crippen molar-refractivity contribution in [1.29, 1.82) is 0 Å². The Hall–Kier alpha value is -2.24. The number of ketones is 1. The van der Waals surface area contributed by atoms with Crippen LogP contribution in [0.25, 0.3) is 0 Å². The summed E-state index contributed by atoms with van der Waals surface area (Å²) in [6, 6.07) is 10.1. The van der Waals surface area contributed by atoms with Gasteiger partial charge in [-0.25, -0.2) is 4.79 Å². The molecule has 7 heteroatoms. The number of hydrogen-bond acceptors (Lipinski definition) is 4. The molecule has 0 aliphatic heterocycles. The Morgan fingerprint density at radius 3 is 2.36 bits per heavy atom. The van der Waals surface area contributed by atoms with Gasteiger partial charge in [0.25, 0.3) is 5.56 Å². The predicted octanol–water partition coefficient (Wildman–Crippen LogP) is 3.30. The maximum atomic E-state index is 12.3. The number of carbonyl (C=O) groups excluding carboxylic acids is 1. The van der Waals surface area contributed by atoms with Crippen LogP contribution in [-0.2, 0) is 4.79 Å². The molecule has 2 N–H and O–H groups in total. The quantitative estimate of drug-likeness (QED) is 0.644. The Morgan fingerprint density at radius 1 is 1.09 bits per heavy atom. The number of carbonyl (C=O) groups is 2. The lowest BCUT2D eigenvalue weighted by Crippen LogP contribution is -2.20. The number of carboxylic acids is 1. The smallest absolute Gasteiger partial charge is 0.360 e. The van der Waals surface area contributed by atoms with Crippen molar-refractivity contribution in [2.24, 2.45) is 0 Å². The van der Waals surface area contributed by atoms with Crippen LogP contribution < -0.4 is 4.74 Å². The largest absolute Gasteiger partial charge is 0.507 e. The summed E-state index contributed by atoms with van der Waals surface area (Å²) < 4.78 is 4.94. The number of phenols is 1. The fraction of sp³-hybridized carbons (Fsp3) is 0.0667. The third-order valence-electron chi connectivity index (χ3n) is 2.77. The number of aliphatic carboxylic acids is 1. The van der Waals surface area contributed by atoms with Gasteiger partial charge >= 0.3 is 5.97 Å². The second kappa shape index (κ2) is 6.68. The number of ether oxygens (including phenoxy) is 1. The second-order valence-electron chi connectivity index (χ2n) is 4.26. The van der Waals surface area contributed by atoms with E-state index in [0.717, 1.165) is 0 Å². The molecule has 0 fully saturated rings. The molecule has 0 aliphatic rings. The summed E-state index contributed by atoms with van der Waals surface area (Å²) in [6.07, 6.45) is 0. The molecular weight excluding hydrogens is 331 g/mol. The van der Waals surface area contributed by atoms with E-state index in [1.165, 1.54) is 30.3 Å². The predicted molar refractivity (Wildman–Crippen MR) is 80.9 cm³/mol. The molecule has 114 valence electrons. The molecule has 0 saturated carbocycles. The Labute approximate surface area is 135 Å². The Morgan fingerprint density at radius 2 is 1.77 bits per heavy atom. The van der Waals surface area contributed by atoms with Gasteiger partial charge in [-0.1, -0.05) is 35.3 Å². The number of para-hydroxylation sites is 1. The van der Waals surface area contributed by atoms with Gasteiger partial charge in [0.2, 0.25) is 0 Å².